The zero-order valence-corrected chi connectivity index (χ0v) is 14.3. The number of esters is 1. The molecule has 3 N–H and O–H groups in total. The number of oxazole rings is 1. The van der Waals surface area contributed by atoms with Crippen LogP contribution in [0.1, 0.15) is 40.0 Å². The fraction of sp³-hybridized carbons (Fsp3) is 0.471. The molecule has 7 heteroatoms. The van der Waals surface area contributed by atoms with Crippen molar-refractivity contribution in [1.82, 2.24) is 9.97 Å². The van der Waals surface area contributed by atoms with Crippen molar-refractivity contribution in [1.29, 1.82) is 0 Å². The molecule has 2 aromatic rings. The molecule has 0 saturated carbocycles. The van der Waals surface area contributed by atoms with Gasteiger partial charge >= 0.3 is 5.97 Å². The van der Waals surface area contributed by atoms with Crippen LogP contribution in [0.4, 0.5) is 0 Å². The highest BCUT2D eigenvalue weighted by Crippen LogP contribution is 2.31. The van der Waals surface area contributed by atoms with E-state index in [1.165, 1.54) is 6.20 Å². The van der Waals surface area contributed by atoms with E-state index >= 15 is 0 Å². The molecule has 0 aliphatic heterocycles. The van der Waals surface area contributed by atoms with Gasteiger partial charge in [0.25, 0.3) is 0 Å². The lowest BCUT2D eigenvalue weighted by Crippen LogP contribution is -2.49. The van der Waals surface area contributed by atoms with Crippen molar-refractivity contribution in [3.8, 4) is 11.5 Å². The molecular weight excluding hydrogens is 310 g/mol. The second-order valence-electron chi connectivity index (χ2n) is 6.56. The van der Waals surface area contributed by atoms with E-state index in [9.17, 15) is 9.90 Å². The molecule has 24 heavy (non-hydrogen) atoms. The smallest absolute Gasteiger partial charge is 0.314 e. The summed E-state index contributed by atoms with van der Waals surface area (Å²) in [6.45, 7) is 6.97. The monoisotopic (exact) mass is 333 g/mol. The summed E-state index contributed by atoms with van der Waals surface area (Å²) in [6.07, 6.45) is 3.29. The van der Waals surface area contributed by atoms with E-state index in [0.717, 1.165) is 0 Å². The minimum atomic E-state index is -2.08. The van der Waals surface area contributed by atoms with Gasteiger partial charge in [0.2, 0.25) is 11.6 Å². The summed E-state index contributed by atoms with van der Waals surface area (Å²) in [5.41, 5.74) is 3.77. The lowest BCUT2D eigenvalue weighted by Gasteiger charge is -2.30. The molecule has 0 amide bonds. The van der Waals surface area contributed by atoms with Crippen LogP contribution in [-0.2, 0) is 15.3 Å². The Bertz CT molecular complexity index is 689. The van der Waals surface area contributed by atoms with Gasteiger partial charge in [0, 0.05) is 6.20 Å². The Labute approximate surface area is 140 Å². The highest BCUT2D eigenvalue weighted by atomic mass is 16.6. The molecule has 2 unspecified atom stereocenters. The van der Waals surface area contributed by atoms with Crippen molar-refractivity contribution in [3.05, 3.63) is 36.5 Å². The number of carbonyl (C=O) groups excluding carboxylic acids is 1. The summed E-state index contributed by atoms with van der Waals surface area (Å²) in [6, 6.07) is 5.31. The lowest BCUT2D eigenvalue weighted by molar-refractivity contribution is -0.172. The van der Waals surface area contributed by atoms with Crippen molar-refractivity contribution >= 4 is 5.97 Å². The average Bonchev–Trinajstić information content (AvgIpc) is 2.97. The highest BCUT2D eigenvalue weighted by molar-refractivity contribution is 5.74. The van der Waals surface area contributed by atoms with Gasteiger partial charge in [-0.25, -0.2) is 4.98 Å². The average molecular weight is 333 g/mol. The van der Waals surface area contributed by atoms with Crippen LogP contribution < -0.4 is 5.73 Å². The predicted octanol–water partition coefficient (Wildman–Crippen LogP) is 2.21. The maximum absolute atomic E-state index is 12.3. The van der Waals surface area contributed by atoms with Gasteiger partial charge in [-0.15, -0.1) is 0 Å². The number of aromatic nitrogens is 2. The van der Waals surface area contributed by atoms with Gasteiger partial charge in [0.05, 0.1) is 6.20 Å². The number of ether oxygens (including phenoxy) is 1. The Morgan fingerprint density at radius 3 is 2.62 bits per heavy atom. The van der Waals surface area contributed by atoms with E-state index in [2.05, 4.69) is 9.97 Å². The molecule has 130 valence electrons. The number of nitrogens with zero attached hydrogens (tertiary/aromatic N) is 2. The van der Waals surface area contributed by atoms with E-state index in [-0.39, 0.29) is 12.3 Å². The molecule has 2 atom stereocenters. The van der Waals surface area contributed by atoms with Gasteiger partial charge < -0.3 is 14.3 Å². The number of aliphatic hydroxyl groups is 1. The second kappa shape index (κ2) is 6.70. The van der Waals surface area contributed by atoms with E-state index in [0.29, 0.717) is 11.5 Å². The summed E-state index contributed by atoms with van der Waals surface area (Å²) >= 11 is 0. The first-order chi connectivity index (χ1) is 11.1. The molecule has 0 spiro atoms. The van der Waals surface area contributed by atoms with E-state index in [4.69, 9.17) is 14.9 Å². The number of rotatable bonds is 5. The quantitative estimate of drug-likeness (QED) is 0.637. The van der Waals surface area contributed by atoms with Gasteiger partial charge in [0.1, 0.15) is 17.2 Å². The van der Waals surface area contributed by atoms with E-state index < -0.39 is 23.2 Å². The first-order valence-corrected chi connectivity index (χ1v) is 7.77. The van der Waals surface area contributed by atoms with Crippen molar-refractivity contribution in [3.63, 3.8) is 0 Å². The third-order valence-corrected chi connectivity index (χ3v) is 3.40. The van der Waals surface area contributed by atoms with Crippen molar-refractivity contribution in [2.75, 3.05) is 0 Å². The van der Waals surface area contributed by atoms with Gasteiger partial charge in [-0.05, 0) is 39.3 Å². The van der Waals surface area contributed by atoms with Crippen LogP contribution >= 0.6 is 0 Å². The molecular formula is C17H23N3O4. The molecule has 0 fully saturated rings. The Morgan fingerprint density at radius 1 is 1.38 bits per heavy atom. The van der Waals surface area contributed by atoms with Crippen molar-refractivity contribution in [2.24, 2.45) is 11.7 Å². The van der Waals surface area contributed by atoms with Crippen LogP contribution in [0.2, 0.25) is 0 Å². The van der Waals surface area contributed by atoms with Crippen molar-refractivity contribution < 1.29 is 19.1 Å². The largest absolute Gasteiger partial charge is 0.460 e. The van der Waals surface area contributed by atoms with Gasteiger partial charge in [0.15, 0.2) is 5.76 Å². The summed E-state index contributed by atoms with van der Waals surface area (Å²) in [7, 11) is 0. The first-order valence-electron chi connectivity index (χ1n) is 7.77. The molecule has 7 nitrogen and oxygen atoms in total. The summed E-state index contributed by atoms with van der Waals surface area (Å²) in [5, 5.41) is 10.7. The molecule has 0 aromatic carbocycles. The van der Waals surface area contributed by atoms with E-state index in [1.807, 2.05) is 0 Å². The Hall–Kier alpha value is -2.25. The van der Waals surface area contributed by atoms with Crippen LogP contribution in [0.3, 0.4) is 0 Å². The third-order valence-electron chi connectivity index (χ3n) is 3.40. The minimum Gasteiger partial charge on any atom is -0.460 e. The first kappa shape index (κ1) is 18.1. The van der Waals surface area contributed by atoms with E-state index in [1.54, 1.807) is 52.1 Å². The molecule has 2 aromatic heterocycles. The van der Waals surface area contributed by atoms with Crippen LogP contribution in [0, 0.1) is 5.92 Å². The zero-order valence-electron chi connectivity index (χ0n) is 14.3. The topological polar surface area (TPSA) is 111 Å². The lowest BCUT2D eigenvalue weighted by atomic mass is 9.93. The fourth-order valence-electron chi connectivity index (χ4n) is 2.27. The Morgan fingerprint density at radius 2 is 2.08 bits per heavy atom. The van der Waals surface area contributed by atoms with Crippen LogP contribution in [0.15, 0.2) is 35.0 Å². The molecule has 0 bridgehead atoms. The number of carbonyl (C=O) groups is 1. The Balaban J connectivity index is 2.28. The standard InChI is InChI=1S/C17H23N3O4/c1-5-11(14(21)24-16(2,3)4)17(18,22)15-20-10-13(23-15)12-8-6-7-9-19-12/h6-11,22H,5,18H2,1-4H3. The van der Waals surface area contributed by atoms with Crippen LogP contribution in [0.5, 0.6) is 0 Å². The number of hydrogen-bond acceptors (Lipinski definition) is 7. The number of pyridine rings is 1. The number of hydrogen-bond donors (Lipinski definition) is 2. The summed E-state index contributed by atoms with van der Waals surface area (Å²) in [4.78, 5) is 20.5. The summed E-state index contributed by atoms with van der Waals surface area (Å²) in [5.74, 6) is -1.41. The number of nitrogens with two attached hydrogens (primary N) is 1. The maximum Gasteiger partial charge on any atom is 0.314 e. The Kier molecular flexibility index (Phi) is 5.05. The van der Waals surface area contributed by atoms with Gasteiger partial charge in [-0.1, -0.05) is 13.0 Å². The SMILES string of the molecule is CCC(C(=O)OC(C)(C)C)C(N)(O)c1ncc(-c2ccccn2)o1. The molecule has 2 heterocycles. The van der Waals surface area contributed by atoms with Crippen LogP contribution in [-0.4, -0.2) is 26.6 Å². The minimum absolute atomic E-state index is 0.152. The normalized spacial score (nSPS) is 15.6. The zero-order chi connectivity index (χ0) is 18.0. The summed E-state index contributed by atoms with van der Waals surface area (Å²) < 4.78 is 10.9. The fourth-order valence-corrected chi connectivity index (χ4v) is 2.27. The second-order valence-corrected chi connectivity index (χ2v) is 6.56. The molecule has 0 saturated heterocycles. The maximum atomic E-state index is 12.3. The molecule has 0 aliphatic rings. The van der Waals surface area contributed by atoms with Gasteiger partial charge in [-0.2, -0.15) is 0 Å². The molecule has 0 aliphatic carbocycles. The third kappa shape index (κ3) is 3.98. The van der Waals surface area contributed by atoms with Gasteiger partial charge in [-0.3, -0.25) is 15.5 Å². The van der Waals surface area contributed by atoms with Crippen molar-refractivity contribution in [2.45, 2.75) is 45.4 Å². The van der Waals surface area contributed by atoms with Crippen LogP contribution in [0.25, 0.3) is 11.5 Å². The predicted molar refractivity (Wildman–Crippen MR) is 87.4 cm³/mol. The highest BCUT2D eigenvalue weighted by Gasteiger charge is 2.44. The molecule has 2 rings (SSSR count). The molecule has 0 radical (unpaired) electrons.